The van der Waals surface area contributed by atoms with E-state index in [1.807, 2.05) is 0 Å². The van der Waals surface area contributed by atoms with Gasteiger partial charge in [0.2, 0.25) is 6.54 Å². The van der Waals surface area contributed by atoms with Gasteiger partial charge in [-0.25, -0.2) is 6.57 Å². The van der Waals surface area contributed by atoms with Crippen LogP contribution in [-0.2, 0) is 6.54 Å². The molecule has 0 saturated heterocycles. The molecule has 14 heavy (non-hydrogen) atoms. The van der Waals surface area contributed by atoms with Gasteiger partial charge < -0.3 is 9.58 Å². The number of ether oxygens (including phenoxy) is 1. The van der Waals surface area contributed by atoms with E-state index in [4.69, 9.17) is 6.57 Å². The number of nitrogens with zero attached hydrogens (tertiary/aromatic N) is 1. The highest BCUT2D eigenvalue weighted by atomic mass is 19.4. The molecule has 1 rings (SSSR count). The molecule has 5 heteroatoms. The van der Waals surface area contributed by atoms with Gasteiger partial charge in [0.15, 0.2) is 0 Å². The van der Waals surface area contributed by atoms with Crippen molar-refractivity contribution in [2.24, 2.45) is 0 Å². The maximum Gasteiger partial charge on any atom is 0.573 e. The lowest BCUT2D eigenvalue weighted by Gasteiger charge is -2.08. The van der Waals surface area contributed by atoms with Crippen LogP contribution in [0, 0.1) is 6.57 Å². The van der Waals surface area contributed by atoms with Crippen LogP contribution in [0.25, 0.3) is 4.85 Å². The van der Waals surface area contributed by atoms with Gasteiger partial charge in [-0.1, -0.05) is 0 Å². The average Bonchev–Trinajstić information content (AvgIpc) is 2.06. The topological polar surface area (TPSA) is 13.6 Å². The summed E-state index contributed by atoms with van der Waals surface area (Å²) in [7, 11) is 0. The van der Waals surface area contributed by atoms with Crippen molar-refractivity contribution < 1.29 is 17.9 Å². The van der Waals surface area contributed by atoms with Crippen LogP contribution in [0.15, 0.2) is 24.3 Å². The minimum Gasteiger partial charge on any atom is -0.406 e. The Morgan fingerprint density at radius 3 is 2.21 bits per heavy atom. The number of hydrogen-bond acceptors (Lipinski definition) is 1. The maximum absolute atomic E-state index is 11.7. The van der Waals surface area contributed by atoms with Gasteiger partial charge >= 0.3 is 6.36 Å². The van der Waals surface area contributed by atoms with Gasteiger partial charge in [-0.2, -0.15) is 0 Å². The number of benzene rings is 1. The van der Waals surface area contributed by atoms with Crippen molar-refractivity contribution in [1.29, 1.82) is 0 Å². The third-order valence-corrected chi connectivity index (χ3v) is 1.42. The predicted molar refractivity (Wildman–Crippen MR) is 43.4 cm³/mol. The fourth-order valence-corrected chi connectivity index (χ4v) is 0.888. The van der Waals surface area contributed by atoms with Crippen LogP contribution < -0.4 is 4.74 Å². The van der Waals surface area contributed by atoms with Crippen molar-refractivity contribution in [2.45, 2.75) is 12.9 Å². The fourth-order valence-electron chi connectivity index (χ4n) is 0.888. The van der Waals surface area contributed by atoms with Gasteiger partial charge in [-0.15, -0.1) is 13.2 Å². The zero-order chi connectivity index (χ0) is 10.6. The summed E-state index contributed by atoms with van der Waals surface area (Å²) in [4.78, 5) is 3.10. The zero-order valence-electron chi connectivity index (χ0n) is 7.01. The molecule has 0 fully saturated rings. The smallest absolute Gasteiger partial charge is 0.406 e. The summed E-state index contributed by atoms with van der Waals surface area (Å²) in [6, 6.07) is 5.24. The molecule has 0 aliphatic rings. The van der Waals surface area contributed by atoms with E-state index in [1.165, 1.54) is 24.3 Å². The molecule has 0 radical (unpaired) electrons. The number of rotatable bonds is 2. The van der Waals surface area contributed by atoms with Crippen molar-refractivity contribution in [1.82, 2.24) is 0 Å². The van der Waals surface area contributed by atoms with Crippen molar-refractivity contribution in [3.05, 3.63) is 41.2 Å². The first-order valence-corrected chi connectivity index (χ1v) is 3.69. The molecule has 0 aliphatic carbocycles. The van der Waals surface area contributed by atoms with Gasteiger partial charge in [-0.3, -0.25) is 0 Å². The van der Waals surface area contributed by atoms with Gasteiger partial charge in [0.1, 0.15) is 5.75 Å². The van der Waals surface area contributed by atoms with E-state index >= 15 is 0 Å². The standard InChI is InChI=1S/C9H6F3NO/c1-13-6-7-2-4-8(5-3-7)14-9(10,11)12/h2-5H,6H2. The second-order valence-corrected chi connectivity index (χ2v) is 2.51. The van der Waals surface area contributed by atoms with Crippen molar-refractivity contribution in [3.63, 3.8) is 0 Å². The molecule has 2 nitrogen and oxygen atoms in total. The molecule has 1 aromatic carbocycles. The first-order chi connectivity index (χ1) is 6.51. The summed E-state index contributed by atoms with van der Waals surface area (Å²) in [6.07, 6.45) is -4.67. The van der Waals surface area contributed by atoms with Crippen LogP contribution in [0.5, 0.6) is 5.75 Å². The number of hydrogen-bond donors (Lipinski definition) is 0. The summed E-state index contributed by atoms with van der Waals surface area (Å²) in [5, 5.41) is 0. The highest BCUT2D eigenvalue weighted by Gasteiger charge is 2.30. The minimum absolute atomic E-state index is 0.159. The number of alkyl halides is 3. The zero-order valence-corrected chi connectivity index (χ0v) is 7.01. The van der Waals surface area contributed by atoms with E-state index in [-0.39, 0.29) is 12.3 Å². The molecule has 0 spiro atoms. The Morgan fingerprint density at radius 1 is 1.21 bits per heavy atom. The first-order valence-electron chi connectivity index (χ1n) is 3.69. The van der Waals surface area contributed by atoms with E-state index in [0.717, 1.165) is 0 Å². The summed E-state index contributed by atoms with van der Waals surface area (Å²) in [5.41, 5.74) is 0.662. The van der Waals surface area contributed by atoms with Crippen molar-refractivity contribution >= 4 is 0 Å². The molecule has 0 heterocycles. The Labute approximate surface area is 78.7 Å². The highest BCUT2D eigenvalue weighted by molar-refractivity contribution is 5.27. The lowest BCUT2D eigenvalue weighted by atomic mass is 10.2. The SMILES string of the molecule is [C-]#[N+]Cc1ccc(OC(F)(F)F)cc1. The largest absolute Gasteiger partial charge is 0.573 e. The Morgan fingerprint density at radius 2 is 1.79 bits per heavy atom. The van der Waals surface area contributed by atoms with Crippen LogP contribution >= 0.6 is 0 Å². The van der Waals surface area contributed by atoms with E-state index in [1.54, 1.807) is 0 Å². The van der Waals surface area contributed by atoms with Crippen LogP contribution in [0.4, 0.5) is 13.2 Å². The first kappa shape index (κ1) is 10.4. The van der Waals surface area contributed by atoms with E-state index in [0.29, 0.717) is 5.56 Å². The Hall–Kier alpha value is -1.70. The summed E-state index contributed by atoms with van der Waals surface area (Å²) < 4.78 is 38.8. The lowest BCUT2D eigenvalue weighted by molar-refractivity contribution is -0.274. The van der Waals surface area contributed by atoms with Crippen LogP contribution in [-0.4, -0.2) is 6.36 Å². The summed E-state index contributed by atoms with van der Waals surface area (Å²) in [6.45, 7) is 6.71. The monoisotopic (exact) mass is 201 g/mol. The second kappa shape index (κ2) is 4.01. The molecule has 74 valence electrons. The quantitative estimate of drug-likeness (QED) is 0.670. The molecule has 0 amide bonds. The van der Waals surface area contributed by atoms with Crippen LogP contribution in [0.3, 0.4) is 0 Å². The maximum atomic E-state index is 11.7. The molecule has 0 saturated carbocycles. The Balaban J connectivity index is 2.70. The predicted octanol–water partition coefficient (Wildman–Crippen LogP) is 3.00. The third-order valence-electron chi connectivity index (χ3n) is 1.42. The highest BCUT2D eigenvalue weighted by Crippen LogP contribution is 2.22. The van der Waals surface area contributed by atoms with Gasteiger partial charge in [-0.05, 0) is 24.3 Å². The molecule has 1 aromatic rings. The molecule has 0 bridgehead atoms. The van der Waals surface area contributed by atoms with E-state index in [9.17, 15) is 13.2 Å². The van der Waals surface area contributed by atoms with E-state index < -0.39 is 6.36 Å². The fraction of sp³-hybridized carbons (Fsp3) is 0.222. The van der Waals surface area contributed by atoms with Crippen LogP contribution in [0.1, 0.15) is 5.56 Å². The third kappa shape index (κ3) is 3.35. The molecule has 0 atom stereocenters. The second-order valence-electron chi connectivity index (χ2n) is 2.51. The molecule has 0 unspecified atom stereocenters. The van der Waals surface area contributed by atoms with Gasteiger partial charge in [0.25, 0.3) is 0 Å². The average molecular weight is 201 g/mol. The molecular weight excluding hydrogens is 195 g/mol. The summed E-state index contributed by atoms with van der Waals surface area (Å²) in [5.74, 6) is -0.272. The Bertz CT molecular complexity index is 337. The van der Waals surface area contributed by atoms with E-state index in [2.05, 4.69) is 9.58 Å². The van der Waals surface area contributed by atoms with Crippen molar-refractivity contribution in [2.75, 3.05) is 0 Å². The molecular formula is C9H6F3NO. The van der Waals surface area contributed by atoms with Crippen LogP contribution in [0.2, 0.25) is 0 Å². The minimum atomic E-state index is -4.67. The normalized spacial score (nSPS) is 10.7. The number of halogens is 3. The molecule has 0 aliphatic heterocycles. The Kier molecular flexibility index (Phi) is 2.97. The van der Waals surface area contributed by atoms with Gasteiger partial charge in [0, 0.05) is 5.56 Å². The summed E-state index contributed by atoms with van der Waals surface area (Å²) >= 11 is 0. The molecule has 0 N–H and O–H groups in total. The molecule has 0 aromatic heterocycles. The lowest BCUT2D eigenvalue weighted by Crippen LogP contribution is -2.16. The van der Waals surface area contributed by atoms with Crippen molar-refractivity contribution in [3.8, 4) is 5.75 Å². The van der Waals surface area contributed by atoms with Gasteiger partial charge in [0.05, 0.1) is 0 Å².